The van der Waals surface area contributed by atoms with Crippen LogP contribution in [0.4, 0.5) is 0 Å². The van der Waals surface area contributed by atoms with Crippen molar-refractivity contribution in [2.75, 3.05) is 12.8 Å². The first kappa shape index (κ1) is 24.7. The van der Waals surface area contributed by atoms with E-state index in [2.05, 4.69) is 24.5 Å². The van der Waals surface area contributed by atoms with E-state index in [1.165, 1.54) is 0 Å². The number of Topliss-reactive ketones (excluding diaryl/α,β-unsaturated/α-hetero) is 1. The predicted molar refractivity (Wildman–Crippen MR) is 119 cm³/mol. The summed E-state index contributed by atoms with van der Waals surface area (Å²) in [7, 11) is 0. The minimum absolute atomic E-state index is 0.0768. The van der Waals surface area contributed by atoms with Gasteiger partial charge in [0.15, 0.2) is 5.78 Å². The van der Waals surface area contributed by atoms with Crippen LogP contribution in [0.2, 0.25) is 0 Å². The van der Waals surface area contributed by atoms with Gasteiger partial charge in [-0.25, -0.2) is 0 Å². The zero-order chi connectivity index (χ0) is 21.2. The van der Waals surface area contributed by atoms with Gasteiger partial charge < -0.3 is 11.1 Å². The minimum atomic E-state index is -0.462. The van der Waals surface area contributed by atoms with E-state index in [4.69, 9.17) is 5.73 Å². The fourth-order valence-corrected chi connectivity index (χ4v) is 3.25. The van der Waals surface area contributed by atoms with Crippen molar-refractivity contribution in [3.05, 3.63) is 35.9 Å². The van der Waals surface area contributed by atoms with Gasteiger partial charge in [0.05, 0.1) is 17.0 Å². The molecule has 158 valence electrons. The molecule has 0 saturated heterocycles. The van der Waals surface area contributed by atoms with Crippen LogP contribution in [0.15, 0.2) is 30.3 Å². The van der Waals surface area contributed by atoms with Crippen molar-refractivity contribution in [2.24, 2.45) is 11.7 Å². The first-order valence-corrected chi connectivity index (χ1v) is 11.3. The molecule has 0 saturated carbocycles. The van der Waals surface area contributed by atoms with Crippen molar-refractivity contribution < 1.29 is 9.59 Å². The highest BCUT2D eigenvalue weighted by Crippen LogP contribution is 2.19. The number of rotatable bonds is 13. The van der Waals surface area contributed by atoms with Crippen molar-refractivity contribution in [1.29, 1.82) is 0 Å². The molecule has 0 heterocycles. The number of benzene rings is 1. The number of carbonyl (C=O) groups is 2. The van der Waals surface area contributed by atoms with Gasteiger partial charge in [-0.15, -0.1) is 11.8 Å². The molecule has 1 amide bonds. The molecule has 2 atom stereocenters. The summed E-state index contributed by atoms with van der Waals surface area (Å²) in [5.41, 5.74) is 6.67. The van der Waals surface area contributed by atoms with Crippen molar-refractivity contribution in [2.45, 2.75) is 70.3 Å². The van der Waals surface area contributed by atoms with Gasteiger partial charge in [0.25, 0.3) is 0 Å². The number of nitrogens with two attached hydrogens (primary N) is 1. The summed E-state index contributed by atoms with van der Waals surface area (Å²) in [5, 5.41) is 6.47. The summed E-state index contributed by atoms with van der Waals surface area (Å²) in [6, 6.07) is 9.08. The largest absolute Gasteiger partial charge is 0.345 e. The molecule has 6 heteroatoms. The maximum absolute atomic E-state index is 13.2. The second-order valence-electron chi connectivity index (χ2n) is 8.00. The Balaban J connectivity index is 2.95. The Morgan fingerprint density at radius 3 is 2.29 bits per heavy atom. The van der Waals surface area contributed by atoms with Crippen LogP contribution in [-0.2, 0) is 16.0 Å². The van der Waals surface area contributed by atoms with Crippen LogP contribution in [0, 0.1) is 5.92 Å². The van der Waals surface area contributed by atoms with Crippen molar-refractivity contribution in [1.82, 2.24) is 10.6 Å². The Bertz CT molecular complexity index is 605. The highest BCUT2D eigenvalue weighted by Gasteiger charge is 2.30. The van der Waals surface area contributed by atoms with E-state index in [0.717, 1.165) is 18.4 Å². The fourth-order valence-electron chi connectivity index (χ4n) is 2.99. The smallest absolute Gasteiger partial charge is 0.238 e. The van der Waals surface area contributed by atoms with Crippen molar-refractivity contribution in [3.8, 4) is 0 Å². The zero-order valence-electron chi connectivity index (χ0n) is 18.0. The number of thioether (sulfide) groups is 1. The van der Waals surface area contributed by atoms with Gasteiger partial charge in [-0.3, -0.25) is 14.9 Å². The lowest BCUT2D eigenvalue weighted by Gasteiger charge is -2.31. The maximum Gasteiger partial charge on any atom is 0.238 e. The normalized spacial score (nSPS) is 14.0. The van der Waals surface area contributed by atoms with E-state index in [9.17, 15) is 9.59 Å². The molecule has 0 spiro atoms. The number of ketones is 1. The van der Waals surface area contributed by atoms with Gasteiger partial charge in [-0.1, -0.05) is 44.2 Å². The van der Waals surface area contributed by atoms with E-state index >= 15 is 0 Å². The molecular formula is C22H37N3O2S. The number of hydrogen-bond acceptors (Lipinski definition) is 5. The number of unbranched alkanes of at least 4 members (excludes halogenated alkanes) is 1. The molecule has 0 bridgehead atoms. The van der Waals surface area contributed by atoms with Crippen LogP contribution < -0.4 is 16.4 Å². The van der Waals surface area contributed by atoms with Gasteiger partial charge in [0.2, 0.25) is 5.91 Å². The lowest BCUT2D eigenvalue weighted by molar-refractivity contribution is -0.130. The zero-order valence-corrected chi connectivity index (χ0v) is 18.8. The van der Waals surface area contributed by atoms with E-state index < -0.39 is 12.1 Å². The molecule has 28 heavy (non-hydrogen) atoms. The third-order valence-electron chi connectivity index (χ3n) is 4.81. The van der Waals surface area contributed by atoms with Crippen LogP contribution in [0.3, 0.4) is 0 Å². The van der Waals surface area contributed by atoms with Gasteiger partial charge >= 0.3 is 0 Å². The summed E-state index contributed by atoms with van der Waals surface area (Å²) in [6.45, 7) is 8.46. The molecule has 0 aliphatic carbocycles. The molecule has 4 N–H and O–H groups in total. The topological polar surface area (TPSA) is 84.2 Å². The molecule has 0 radical (unpaired) electrons. The first-order chi connectivity index (χ1) is 13.2. The highest BCUT2D eigenvalue weighted by atomic mass is 32.2. The summed E-state index contributed by atoms with van der Waals surface area (Å²) in [4.78, 5) is 25.5. The Kier molecular flexibility index (Phi) is 10.8. The second kappa shape index (κ2) is 12.2. The van der Waals surface area contributed by atoms with Crippen molar-refractivity contribution >= 4 is 23.5 Å². The first-order valence-electron chi connectivity index (χ1n) is 10.1. The summed E-state index contributed by atoms with van der Waals surface area (Å²) < 4.78 is 0. The molecule has 0 fully saturated rings. The Hall–Kier alpha value is -1.37. The third kappa shape index (κ3) is 8.76. The molecule has 0 aromatic heterocycles. The van der Waals surface area contributed by atoms with Crippen LogP contribution in [0.5, 0.6) is 0 Å². The van der Waals surface area contributed by atoms with Crippen LogP contribution in [-0.4, -0.2) is 41.4 Å². The van der Waals surface area contributed by atoms with Crippen LogP contribution >= 0.6 is 11.8 Å². The fraction of sp³-hybridized carbons (Fsp3) is 0.636. The van der Waals surface area contributed by atoms with Gasteiger partial charge in [-0.2, -0.15) is 0 Å². The Labute approximate surface area is 174 Å². The SMILES string of the molecule is CSC(C)(C)NC(Cc1ccccc1)C(=O)NC(CCCCN)C(=O)C(C)C. The monoisotopic (exact) mass is 407 g/mol. The Morgan fingerprint density at radius 1 is 1.11 bits per heavy atom. The summed E-state index contributed by atoms with van der Waals surface area (Å²) in [6.07, 6.45) is 4.89. The molecule has 0 aliphatic rings. The highest BCUT2D eigenvalue weighted by molar-refractivity contribution is 7.99. The van der Waals surface area contributed by atoms with Crippen molar-refractivity contribution in [3.63, 3.8) is 0 Å². The van der Waals surface area contributed by atoms with Gasteiger partial charge in [0.1, 0.15) is 0 Å². The van der Waals surface area contributed by atoms with Gasteiger partial charge in [0, 0.05) is 5.92 Å². The van der Waals surface area contributed by atoms with Crippen LogP contribution in [0.25, 0.3) is 0 Å². The number of amides is 1. The Morgan fingerprint density at radius 2 is 1.75 bits per heavy atom. The molecule has 1 rings (SSSR count). The maximum atomic E-state index is 13.2. The lowest BCUT2D eigenvalue weighted by atomic mass is 9.96. The quantitative estimate of drug-likeness (QED) is 0.346. The molecule has 5 nitrogen and oxygen atoms in total. The average Bonchev–Trinajstić information content (AvgIpc) is 2.66. The van der Waals surface area contributed by atoms with E-state index in [-0.39, 0.29) is 22.5 Å². The lowest BCUT2D eigenvalue weighted by Crippen LogP contribution is -2.55. The minimum Gasteiger partial charge on any atom is -0.345 e. The van der Waals surface area contributed by atoms with E-state index in [0.29, 0.717) is 19.4 Å². The standard InChI is InChI=1S/C22H37N3O2S/c1-16(2)20(26)18(13-9-10-14-23)24-21(27)19(25-22(3,4)28-5)15-17-11-7-6-8-12-17/h6-8,11-12,16,18-19,25H,9-10,13-15,23H2,1-5H3,(H,24,27). The number of carbonyl (C=O) groups excluding carboxylic acids is 2. The predicted octanol–water partition coefficient (Wildman–Crippen LogP) is 3.13. The van der Waals surface area contributed by atoms with Crippen LogP contribution in [0.1, 0.15) is 52.5 Å². The molecule has 1 aromatic rings. The molecule has 1 aromatic carbocycles. The van der Waals surface area contributed by atoms with Gasteiger partial charge in [-0.05, 0) is 57.9 Å². The number of nitrogens with one attached hydrogen (secondary N) is 2. The molecular weight excluding hydrogens is 370 g/mol. The van der Waals surface area contributed by atoms with E-state index in [1.54, 1.807) is 11.8 Å². The molecule has 2 unspecified atom stereocenters. The van der Waals surface area contributed by atoms with E-state index in [1.807, 2.05) is 50.4 Å². The third-order valence-corrected chi connectivity index (χ3v) is 5.95. The number of hydrogen-bond donors (Lipinski definition) is 3. The average molecular weight is 408 g/mol. The molecule has 0 aliphatic heterocycles. The summed E-state index contributed by atoms with van der Waals surface area (Å²) >= 11 is 1.66. The second-order valence-corrected chi connectivity index (χ2v) is 9.43. The summed E-state index contributed by atoms with van der Waals surface area (Å²) in [5.74, 6) is -0.169.